The fourth-order valence-corrected chi connectivity index (χ4v) is 2.37. The molecule has 1 aromatic rings. The average Bonchev–Trinajstić information content (AvgIpc) is 3.09. The van der Waals surface area contributed by atoms with Gasteiger partial charge in [-0.05, 0) is 26.7 Å². The zero-order valence-electron chi connectivity index (χ0n) is 11.5. The van der Waals surface area contributed by atoms with Gasteiger partial charge in [-0.15, -0.1) is 0 Å². The maximum absolute atomic E-state index is 11.8. The Balaban J connectivity index is 1.58. The molecule has 0 aromatic carbocycles. The lowest BCUT2D eigenvalue weighted by molar-refractivity contribution is -0.126. The van der Waals surface area contributed by atoms with E-state index in [0.717, 1.165) is 24.6 Å². The molecule has 0 radical (unpaired) electrons. The van der Waals surface area contributed by atoms with Gasteiger partial charge in [0.1, 0.15) is 12.1 Å². The fourth-order valence-electron chi connectivity index (χ4n) is 2.37. The Labute approximate surface area is 113 Å². The van der Waals surface area contributed by atoms with Gasteiger partial charge in [-0.1, -0.05) is 0 Å². The molecule has 0 unspecified atom stereocenters. The van der Waals surface area contributed by atoms with E-state index < -0.39 is 0 Å². The van der Waals surface area contributed by atoms with E-state index in [4.69, 9.17) is 0 Å². The van der Waals surface area contributed by atoms with Crippen LogP contribution in [0.3, 0.4) is 0 Å². The number of nitrogens with one attached hydrogen (secondary N) is 1. The monoisotopic (exact) mass is 260 g/mol. The molecule has 0 bridgehead atoms. The predicted octanol–water partition coefficient (Wildman–Crippen LogP) is 1.31. The minimum Gasteiger partial charge on any atom is -0.355 e. The van der Waals surface area contributed by atoms with Gasteiger partial charge in [0.2, 0.25) is 5.91 Å². The van der Waals surface area contributed by atoms with E-state index >= 15 is 0 Å². The van der Waals surface area contributed by atoms with Crippen molar-refractivity contribution in [3.8, 4) is 0 Å². The molecular formula is C14H20N4O. The molecule has 1 amide bonds. The van der Waals surface area contributed by atoms with Crippen molar-refractivity contribution in [2.45, 2.75) is 38.6 Å². The molecule has 1 aliphatic heterocycles. The number of aromatic nitrogens is 2. The summed E-state index contributed by atoms with van der Waals surface area (Å²) < 4.78 is 0. The van der Waals surface area contributed by atoms with Crippen LogP contribution in [0.2, 0.25) is 0 Å². The van der Waals surface area contributed by atoms with E-state index in [0.29, 0.717) is 5.92 Å². The van der Waals surface area contributed by atoms with Gasteiger partial charge < -0.3 is 10.2 Å². The van der Waals surface area contributed by atoms with E-state index in [1.807, 2.05) is 13.8 Å². The Morgan fingerprint density at radius 3 is 2.74 bits per heavy atom. The average molecular weight is 260 g/mol. The van der Waals surface area contributed by atoms with E-state index in [1.54, 1.807) is 6.33 Å². The molecule has 2 heterocycles. The summed E-state index contributed by atoms with van der Waals surface area (Å²) in [5, 5.41) is 2.96. The molecule has 2 aliphatic rings. The molecule has 1 saturated heterocycles. The maximum atomic E-state index is 11.8. The van der Waals surface area contributed by atoms with Crippen molar-refractivity contribution in [1.82, 2.24) is 15.3 Å². The number of nitrogens with zero attached hydrogens (tertiary/aromatic N) is 3. The number of carbonyl (C=O) groups is 1. The highest BCUT2D eigenvalue weighted by Gasteiger charge is 2.34. The Hall–Kier alpha value is -1.65. The molecule has 3 rings (SSSR count). The molecule has 1 N–H and O–H groups in total. The highest BCUT2D eigenvalue weighted by atomic mass is 16.2. The van der Waals surface area contributed by atoms with Crippen LogP contribution in [-0.2, 0) is 4.79 Å². The first-order chi connectivity index (χ1) is 9.13. The Kier molecular flexibility index (Phi) is 3.12. The number of hydrogen-bond donors (Lipinski definition) is 1. The minimum atomic E-state index is 0.0988. The lowest BCUT2D eigenvalue weighted by atomic mass is 9.99. The van der Waals surface area contributed by atoms with E-state index in [9.17, 15) is 4.79 Å². The second kappa shape index (κ2) is 4.79. The third-order valence-electron chi connectivity index (χ3n) is 3.68. The normalized spacial score (nSPS) is 19.4. The van der Waals surface area contributed by atoms with Gasteiger partial charge in [0.05, 0.1) is 5.92 Å². The molecule has 102 valence electrons. The van der Waals surface area contributed by atoms with Gasteiger partial charge in [-0.25, -0.2) is 9.97 Å². The van der Waals surface area contributed by atoms with Crippen LogP contribution in [0, 0.1) is 5.92 Å². The maximum Gasteiger partial charge on any atom is 0.226 e. The first-order valence-electron chi connectivity index (χ1n) is 7.00. The van der Waals surface area contributed by atoms with Crippen LogP contribution >= 0.6 is 0 Å². The van der Waals surface area contributed by atoms with E-state index in [-0.39, 0.29) is 17.9 Å². The third-order valence-corrected chi connectivity index (χ3v) is 3.68. The Bertz CT molecular complexity index is 478. The first-order valence-corrected chi connectivity index (χ1v) is 7.00. The highest BCUT2D eigenvalue weighted by Crippen LogP contribution is 2.39. The third kappa shape index (κ3) is 2.69. The quantitative estimate of drug-likeness (QED) is 0.887. The SMILES string of the molecule is CC(C)NC(=O)C1CN(c2cc(C3CC3)ncn2)C1. The molecule has 19 heavy (non-hydrogen) atoms. The summed E-state index contributed by atoms with van der Waals surface area (Å²) in [6, 6.07) is 2.29. The van der Waals surface area contributed by atoms with Crippen molar-refractivity contribution in [2.75, 3.05) is 18.0 Å². The molecule has 1 saturated carbocycles. The topological polar surface area (TPSA) is 58.1 Å². The number of hydrogen-bond acceptors (Lipinski definition) is 4. The predicted molar refractivity (Wildman–Crippen MR) is 73.0 cm³/mol. The van der Waals surface area contributed by atoms with Crippen LogP contribution in [0.15, 0.2) is 12.4 Å². The number of amides is 1. The Morgan fingerprint density at radius 2 is 2.11 bits per heavy atom. The van der Waals surface area contributed by atoms with Crippen molar-refractivity contribution in [2.24, 2.45) is 5.92 Å². The first kappa shape index (κ1) is 12.4. The van der Waals surface area contributed by atoms with Gasteiger partial charge in [0.25, 0.3) is 0 Å². The number of rotatable bonds is 4. The summed E-state index contributed by atoms with van der Waals surface area (Å²) in [5.74, 6) is 1.86. The molecule has 0 spiro atoms. The van der Waals surface area contributed by atoms with Crippen LogP contribution in [-0.4, -0.2) is 35.0 Å². The van der Waals surface area contributed by atoms with Gasteiger partial charge >= 0.3 is 0 Å². The van der Waals surface area contributed by atoms with Crippen LogP contribution in [0.25, 0.3) is 0 Å². The van der Waals surface area contributed by atoms with Crippen molar-refractivity contribution in [3.63, 3.8) is 0 Å². The molecular weight excluding hydrogens is 240 g/mol. The lowest BCUT2D eigenvalue weighted by Crippen LogP contribution is -2.55. The van der Waals surface area contributed by atoms with Crippen LogP contribution in [0.1, 0.15) is 38.3 Å². The van der Waals surface area contributed by atoms with Gasteiger partial charge in [-0.2, -0.15) is 0 Å². The summed E-state index contributed by atoms with van der Waals surface area (Å²) in [6.07, 6.45) is 4.14. The molecule has 2 fully saturated rings. The van der Waals surface area contributed by atoms with Crippen LogP contribution in [0.4, 0.5) is 5.82 Å². The summed E-state index contributed by atoms with van der Waals surface area (Å²) >= 11 is 0. The molecule has 0 atom stereocenters. The molecule has 1 aromatic heterocycles. The summed E-state index contributed by atoms with van der Waals surface area (Å²) in [5.41, 5.74) is 1.15. The van der Waals surface area contributed by atoms with Gasteiger partial charge in [0, 0.05) is 36.8 Å². The zero-order valence-corrected chi connectivity index (χ0v) is 11.5. The summed E-state index contributed by atoms with van der Waals surface area (Å²) in [6.45, 7) is 5.50. The summed E-state index contributed by atoms with van der Waals surface area (Å²) in [4.78, 5) is 22.6. The minimum absolute atomic E-state index is 0.0988. The van der Waals surface area contributed by atoms with E-state index in [1.165, 1.54) is 12.8 Å². The summed E-state index contributed by atoms with van der Waals surface area (Å²) in [7, 11) is 0. The molecule has 5 heteroatoms. The highest BCUT2D eigenvalue weighted by molar-refractivity contribution is 5.82. The number of anilines is 1. The lowest BCUT2D eigenvalue weighted by Gasteiger charge is -2.39. The van der Waals surface area contributed by atoms with E-state index in [2.05, 4.69) is 26.3 Å². The zero-order chi connectivity index (χ0) is 13.4. The molecule has 5 nitrogen and oxygen atoms in total. The van der Waals surface area contributed by atoms with Gasteiger partial charge in [0.15, 0.2) is 0 Å². The standard InChI is InChI=1S/C14H20N4O/c1-9(2)17-14(19)11-6-18(7-11)13-5-12(10-3-4-10)15-8-16-13/h5,8-11H,3-4,6-7H2,1-2H3,(H,17,19). The van der Waals surface area contributed by atoms with Crippen LogP contribution in [0.5, 0.6) is 0 Å². The van der Waals surface area contributed by atoms with Crippen molar-refractivity contribution >= 4 is 11.7 Å². The van der Waals surface area contributed by atoms with Gasteiger partial charge in [-0.3, -0.25) is 4.79 Å². The van der Waals surface area contributed by atoms with Crippen LogP contribution < -0.4 is 10.2 Å². The van der Waals surface area contributed by atoms with Crippen molar-refractivity contribution in [1.29, 1.82) is 0 Å². The smallest absolute Gasteiger partial charge is 0.226 e. The fraction of sp³-hybridized carbons (Fsp3) is 0.643. The second-order valence-electron chi connectivity index (χ2n) is 5.84. The van der Waals surface area contributed by atoms with Crippen molar-refractivity contribution < 1.29 is 4.79 Å². The largest absolute Gasteiger partial charge is 0.355 e. The van der Waals surface area contributed by atoms with Crippen molar-refractivity contribution in [3.05, 3.63) is 18.1 Å². The number of carbonyl (C=O) groups excluding carboxylic acids is 1. The second-order valence-corrected chi connectivity index (χ2v) is 5.84. The Morgan fingerprint density at radius 1 is 1.37 bits per heavy atom. The molecule has 1 aliphatic carbocycles.